The maximum atomic E-state index is 12.2. The summed E-state index contributed by atoms with van der Waals surface area (Å²) >= 11 is 0. The number of anilines is 2. The van der Waals surface area contributed by atoms with Gasteiger partial charge in [0.2, 0.25) is 0 Å². The first-order chi connectivity index (χ1) is 9.76. The van der Waals surface area contributed by atoms with Gasteiger partial charge in [0.05, 0.1) is 0 Å². The van der Waals surface area contributed by atoms with Crippen molar-refractivity contribution in [3.63, 3.8) is 0 Å². The van der Waals surface area contributed by atoms with Gasteiger partial charge in [-0.3, -0.25) is 10.6 Å². The number of nitrogens with one attached hydrogen (secondary N) is 2. The minimum absolute atomic E-state index is 0.105. The first kappa shape index (κ1) is 12.7. The van der Waals surface area contributed by atoms with Gasteiger partial charge >= 0.3 is 0 Å². The molecule has 1 amide bonds. The zero-order chi connectivity index (χ0) is 13.9. The third-order valence-corrected chi connectivity index (χ3v) is 3.67. The maximum absolute atomic E-state index is 12.2. The van der Waals surface area contributed by atoms with Crippen LogP contribution in [-0.4, -0.2) is 5.91 Å². The fourth-order valence-corrected chi connectivity index (χ4v) is 2.57. The number of hydrazine groups is 1. The minimum atomic E-state index is -0.105. The molecular weight excluding hydrogens is 250 g/mol. The number of carbonyl (C=O) groups excluding carboxylic acids is 1. The fraction of sp³-hybridized carbons (Fsp3) is 0.188. The normalized spacial score (nSPS) is 12.8. The molecule has 0 fully saturated rings. The molecule has 0 bridgehead atoms. The minimum Gasteiger partial charge on any atom is -0.324 e. The van der Waals surface area contributed by atoms with Crippen molar-refractivity contribution >= 4 is 17.3 Å². The topological polar surface area (TPSA) is 67.1 Å². The number of aryl methyl sites for hydroxylation is 2. The predicted molar refractivity (Wildman–Crippen MR) is 80.7 cm³/mol. The molecule has 0 heterocycles. The Kier molecular flexibility index (Phi) is 3.39. The molecule has 1 aliphatic rings. The summed E-state index contributed by atoms with van der Waals surface area (Å²) in [6.07, 6.45) is 3.47. The highest BCUT2D eigenvalue weighted by atomic mass is 16.1. The van der Waals surface area contributed by atoms with Crippen molar-refractivity contribution < 1.29 is 4.79 Å². The van der Waals surface area contributed by atoms with Crippen LogP contribution >= 0.6 is 0 Å². The van der Waals surface area contributed by atoms with E-state index in [2.05, 4.69) is 22.9 Å². The van der Waals surface area contributed by atoms with Crippen LogP contribution in [0.2, 0.25) is 0 Å². The van der Waals surface area contributed by atoms with Crippen molar-refractivity contribution in [1.82, 2.24) is 0 Å². The number of benzene rings is 2. The highest BCUT2D eigenvalue weighted by Gasteiger charge is 2.12. The lowest BCUT2D eigenvalue weighted by Crippen LogP contribution is -2.12. The van der Waals surface area contributed by atoms with Gasteiger partial charge in [-0.05, 0) is 66.8 Å². The van der Waals surface area contributed by atoms with E-state index in [0.717, 1.165) is 24.2 Å². The quantitative estimate of drug-likeness (QED) is 0.591. The average Bonchev–Trinajstić information content (AvgIpc) is 2.95. The molecule has 102 valence electrons. The van der Waals surface area contributed by atoms with Crippen LogP contribution < -0.4 is 16.6 Å². The molecule has 4 heteroatoms. The summed E-state index contributed by atoms with van der Waals surface area (Å²) in [6.45, 7) is 0. The van der Waals surface area contributed by atoms with E-state index in [1.165, 1.54) is 17.5 Å². The smallest absolute Gasteiger partial charge is 0.255 e. The molecule has 4 nitrogen and oxygen atoms in total. The van der Waals surface area contributed by atoms with E-state index < -0.39 is 0 Å². The maximum Gasteiger partial charge on any atom is 0.255 e. The van der Waals surface area contributed by atoms with E-state index in [4.69, 9.17) is 5.84 Å². The fourth-order valence-electron chi connectivity index (χ4n) is 2.57. The number of nitrogen functional groups attached to an aromatic ring is 1. The van der Waals surface area contributed by atoms with E-state index in [9.17, 15) is 4.79 Å². The second kappa shape index (κ2) is 5.35. The molecule has 0 spiro atoms. The van der Waals surface area contributed by atoms with Crippen molar-refractivity contribution in [3.05, 3.63) is 59.2 Å². The van der Waals surface area contributed by atoms with Crippen molar-refractivity contribution in [2.24, 2.45) is 5.84 Å². The number of nitrogens with two attached hydrogens (primary N) is 1. The lowest BCUT2D eigenvalue weighted by molar-refractivity contribution is 0.102. The average molecular weight is 267 g/mol. The Bertz CT molecular complexity index is 635. The van der Waals surface area contributed by atoms with Crippen LogP contribution in [0.4, 0.5) is 11.4 Å². The second-order valence-corrected chi connectivity index (χ2v) is 5.01. The zero-order valence-corrected chi connectivity index (χ0v) is 11.1. The zero-order valence-electron chi connectivity index (χ0n) is 11.1. The van der Waals surface area contributed by atoms with Gasteiger partial charge in [0.1, 0.15) is 0 Å². The number of fused-ring (bicyclic) bond motifs is 1. The van der Waals surface area contributed by atoms with Crippen LogP contribution in [-0.2, 0) is 12.8 Å². The molecule has 0 saturated heterocycles. The predicted octanol–water partition coefficient (Wildman–Crippen LogP) is 2.71. The van der Waals surface area contributed by atoms with Gasteiger partial charge < -0.3 is 10.7 Å². The number of amides is 1. The summed E-state index contributed by atoms with van der Waals surface area (Å²) in [4.78, 5) is 12.2. The molecule has 3 rings (SSSR count). The SMILES string of the molecule is NNc1ccc(C(=O)Nc2ccc3c(c2)CCC3)cc1. The molecule has 0 atom stereocenters. The largest absolute Gasteiger partial charge is 0.324 e. The van der Waals surface area contributed by atoms with E-state index in [1.807, 2.05) is 6.07 Å². The first-order valence-electron chi connectivity index (χ1n) is 6.76. The third kappa shape index (κ3) is 2.51. The molecule has 2 aromatic carbocycles. The molecular formula is C16H17N3O. The summed E-state index contributed by atoms with van der Waals surface area (Å²) in [5.41, 5.74) is 7.55. The van der Waals surface area contributed by atoms with Gasteiger partial charge in [0.15, 0.2) is 0 Å². The van der Waals surface area contributed by atoms with Crippen LogP contribution in [0.15, 0.2) is 42.5 Å². The first-order valence-corrected chi connectivity index (χ1v) is 6.76. The Labute approximate surface area is 118 Å². The van der Waals surface area contributed by atoms with Crippen molar-refractivity contribution in [3.8, 4) is 0 Å². The van der Waals surface area contributed by atoms with Gasteiger partial charge in [-0.2, -0.15) is 0 Å². The number of carbonyl (C=O) groups is 1. The highest BCUT2D eigenvalue weighted by molar-refractivity contribution is 6.04. The molecule has 0 aromatic heterocycles. The number of hydrogen-bond donors (Lipinski definition) is 3. The van der Waals surface area contributed by atoms with Crippen molar-refractivity contribution in [2.75, 3.05) is 10.7 Å². The summed E-state index contributed by atoms with van der Waals surface area (Å²) in [6, 6.07) is 13.2. The van der Waals surface area contributed by atoms with E-state index in [-0.39, 0.29) is 5.91 Å². The standard InChI is InChI=1S/C16H17N3O/c17-19-14-7-5-12(6-8-14)16(20)18-15-9-4-11-2-1-3-13(11)10-15/h4-10,19H,1-3,17H2,(H,18,20). The molecule has 0 unspecified atom stereocenters. The molecule has 0 aliphatic heterocycles. The molecule has 0 saturated carbocycles. The van der Waals surface area contributed by atoms with Crippen LogP contribution in [0.5, 0.6) is 0 Å². The van der Waals surface area contributed by atoms with Gasteiger partial charge in [0.25, 0.3) is 5.91 Å². The Morgan fingerprint density at radius 1 is 0.950 bits per heavy atom. The van der Waals surface area contributed by atoms with Crippen LogP contribution in [0.3, 0.4) is 0 Å². The van der Waals surface area contributed by atoms with Gasteiger partial charge in [-0.15, -0.1) is 0 Å². The summed E-state index contributed by atoms with van der Waals surface area (Å²) in [5, 5.41) is 2.93. The summed E-state index contributed by atoms with van der Waals surface area (Å²) in [5.74, 6) is 5.20. The summed E-state index contributed by atoms with van der Waals surface area (Å²) in [7, 11) is 0. The molecule has 0 radical (unpaired) electrons. The van der Waals surface area contributed by atoms with Crippen LogP contribution in [0.1, 0.15) is 27.9 Å². The van der Waals surface area contributed by atoms with Gasteiger partial charge in [-0.1, -0.05) is 6.07 Å². The number of rotatable bonds is 3. The molecule has 1 aliphatic carbocycles. The Hall–Kier alpha value is -2.33. The van der Waals surface area contributed by atoms with Gasteiger partial charge in [0, 0.05) is 16.9 Å². The Morgan fingerprint density at radius 2 is 1.65 bits per heavy atom. The van der Waals surface area contributed by atoms with Crippen molar-refractivity contribution in [2.45, 2.75) is 19.3 Å². The molecule has 4 N–H and O–H groups in total. The van der Waals surface area contributed by atoms with E-state index in [1.54, 1.807) is 24.3 Å². The molecule has 20 heavy (non-hydrogen) atoms. The van der Waals surface area contributed by atoms with Crippen LogP contribution in [0.25, 0.3) is 0 Å². The Morgan fingerprint density at radius 3 is 2.40 bits per heavy atom. The Balaban J connectivity index is 1.75. The monoisotopic (exact) mass is 267 g/mol. The number of hydrogen-bond acceptors (Lipinski definition) is 3. The lowest BCUT2D eigenvalue weighted by atomic mass is 10.1. The van der Waals surface area contributed by atoms with Crippen LogP contribution in [0, 0.1) is 0 Å². The highest BCUT2D eigenvalue weighted by Crippen LogP contribution is 2.25. The third-order valence-electron chi connectivity index (χ3n) is 3.67. The van der Waals surface area contributed by atoms with E-state index in [0.29, 0.717) is 5.56 Å². The summed E-state index contributed by atoms with van der Waals surface area (Å²) < 4.78 is 0. The van der Waals surface area contributed by atoms with Gasteiger partial charge in [-0.25, -0.2) is 0 Å². The second-order valence-electron chi connectivity index (χ2n) is 5.01. The van der Waals surface area contributed by atoms with E-state index >= 15 is 0 Å². The molecule has 2 aromatic rings. The van der Waals surface area contributed by atoms with Crippen molar-refractivity contribution in [1.29, 1.82) is 0 Å². The lowest BCUT2D eigenvalue weighted by Gasteiger charge is -2.08.